The fourth-order valence-corrected chi connectivity index (χ4v) is 3.28. The molecular formula is C15H19ClFNO4S. The van der Waals surface area contributed by atoms with E-state index in [1.54, 1.807) is 20.8 Å². The minimum Gasteiger partial charge on any atom is -0.444 e. The molecular weight excluding hydrogens is 345 g/mol. The number of alkyl carbamates (subject to hydrolysis) is 1. The minimum absolute atomic E-state index is 0.0124. The molecule has 0 unspecified atom stereocenters. The normalized spacial score (nSPS) is 12.8. The molecule has 0 saturated heterocycles. The first-order valence-electron chi connectivity index (χ1n) is 6.77. The zero-order chi connectivity index (χ0) is 17.7. The molecule has 0 aromatic heterocycles. The Morgan fingerprint density at radius 1 is 1.39 bits per heavy atom. The van der Waals surface area contributed by atoms with Gasteiger partial charge in [-0.1, -0.05) is 17.7 Å². The molecule has 1 aromatic rings. The zero-order valence-electron chi connectivity index (χ0n) is 13.1. The molecule has 0 aliphatic rings. The predicted octanol–water partition coefficient (Wildman–Crippen LogP) is 3.49. The van der Waals surface area contributed by atoms with Crippen molar-refractivity contribution in [3.63, 3.8) is 0 Å². The first-order valence-corrected chi connectivity index (χ1v) is 8.80. The number of carbonyl (C=O) groups excluding carboxylic acids is 1. The third-order valence-corrected chi connectivity index (χ3v) is 4.50. The smallest absolute Gasteiger partial charge is 0.407 e. The Labute approximate surface area is 140 Å². The van der Waals surface area contributed by atoms with Gasteiger partial charge >= 0.3 is 6.09 Å². The molecule has 1 rings (SSSR count). The standard InChI is InChI=1S/C15H19ClFNO4S/c1-15(2,3)22-14(19)18-9-11(8-17)10-23(20,21)13-6-4-5-12(16)7-13/h4-8H,9-10H2,1-3H3,(H,18,19)/b11-8+. The highest BCUT2D eigenvalue weighted by molar-refractivity contribution is 7.91. The first kappa shape index (κ1) is 19.4. The molecule has 8 heteroatoms. The summed E-state index contributed by atoms with van der Waals surface area (Å²) in [4.78, 5) is 11.5. The van der Waals surface area contributed by atoms with Crippen LogP contribution in [0, 0.1) is 0 Å². The van der Waals surface area contributed by atoms with E-state index in [4.69, 9.17) is 16.3 Å². The Balaban J connectivity index is 2.72. The van der Waals surface area contributed by atoms with Gasteiger partial charge in [0.25, 0.3) is 0 Å². The highest BCUT2D eigenvalue weighted by Gasteiger charge is 2.20. The molecule has 0 saturated carbocycles. The van der Waals surface area contributed by atoms with Crippen LogP contribution in [-0.2, 0) is 14.6 Å². The van der Waals surface area contributed by atoms with E-state index in [-0.39, 0.29) is 28.4 Å². The summed E-state index contributed by atoms with van der Waals surface area (Å²) in [6.45, 7) is 4.78. The molecule has 0 spiro atoms. The van der Waals surface area contributed by atoms with Gasteiger partial charge in [0.05, 0.1) is 17.0 Å². The summed E-state index contributed by atoms with van der Waals surface area (Å²) in [5.41, 5.74) is -0.799. The Morgan fingerprint density at radius 3 is 2.57 bits per heavy atom. The van der Waals surface area contributed by atoms with E-state index in [1.165, 1.54) is 24.3 Å². The van der Waals surface area contributed by atoms with Crippen molar-refractivity contribution in [3.8, 4) is 0 Å². The summed E-state index contributed by atoms with van der Waals surface area (Å²) in [7, 11) is -3.76. The van der Waals surface area contributed by atoms with E-state index in [9.17, 15) is 17.6 Å². The molecule has 23 heavy (non-hydrogen) atoms. The second-order valence-electron chi connectivity index (χ2n) is 5.84. The second kappa shape index (κ2) is 7.79. The van der Waals surface area contributed by atoms with Crippen LogP contribution in [0.5, 0.6) is 0 Å². The molecule has 0 aliphatic heterocycles. The average molecular weight is 364 g/mol. The van der Waals surface area contributed by atoms with Crippen LogP contribution in [-0.4, -0.2) is 32.4 Å². The number of nitrogens with one attached hydrogen (secondary N) is 1. The molecule has 0 atom stereocenters. The Morgan fingerprint density at radius 2 is 2.04 bits per heavy atom. The van der Waals surface area contributed by atoms with Gasteiger partial charge in [-0.2, -0.15) is 0 Å². The van der Waals surface area contributed by atoms with Gasteiger partial charge in [-0.15, -0.1) is 0 Å². The Hall–Kier alpha value is -1.60. The number of sulfone groups is 1. The summed E-state index contributed by atoms with van der Waals surface area (Å²) in [5, 5.41) is 2.58. The van der Waals surface area contributed by atoms with Gasteiger partial charge in [-0.25, -0.2) is 17.6 Å². The van der Waals surface area contributed by atoms with E-state index in [2.05, 4.69) is 5.32 Å². The third-order valence-electron chi connectivity index (χ3n) is 2.54. The van der Waals surface area contributed by atoms with Crippen molar-refractivity contribution in [1.82, 2.24) is 5.32 Å². The first-order chi connectivity index (χ1) is 10.5. The van der Waals surface area contributed by atoms with Crippen LogP contribution >= 0.6 is 11.6 Å². The third kappa shape index (κ3) is 7.00. The monoisotopic (exact) mass is 363 g/mol. The van der Waals surface area contributed by atoms with E-state index in [0.29, 0.717) is 0 Å². The van der Waals surface area contributed by atoms with E-state index in [0.717, 1.165) is 0 Å². The topological polar surface area (TPSA) is 72.5 Å². The fourth-order valence-electron chi connectivity index (χ4n) is 1.61. The van der Waals surface area contributed by atoms with Crippen LogP contribution < -0.4 is 5.32 Å². The lowest BCUT2D eigenvalue weighted by atomic mass is 10.2. The minimum atomic E-state index is -3.76. The summed E-state index contributed by atoms with van der Waals surface area (Å²) in [5.74, 6) is -0.570. The molecule has 0 fully saturated rings. The lowest BCUT2D eigenvalue weighted by Crippen LogP contribution is -2.34. The molecule has 128 valence electrons. The van der Waals surface area contributed by atoms with E-state index < -0.39 is 27.3 Å². The van der Waals surface area contributed by atoms with Crippen molar-refractivity contribution in [2.45, 2.75) is 31.3 Å². The maximum absolute atomic E-state index is 12.9. The van der Waals surface area contributed by atoms with Crippen LogP contribution in [0.4, 0.5) is 9.18 Å². The van der Waals surface area contributed by atoms with Gasteiger partial charge in [0.1, 0.15) is 5.60 Å². The van der Waals surface area contributed by atoms with Gasteiger partial charge in [0, 0.05) is 11.6 Å². The number of benzene rings is 1. The molecule has 0 radical (unpaired) electrons. The molecule has 5 nitrogen and oxygen atoms in total. The SMILES string of the molecule is CC(C)(C)OC(=O)NC/C(=C\F)CS(=O)(=O)c1cccc(Cl)c1. The quantitative estimate of drug-likeness (QED) is 0.869. The summed E-state index contributed by atoms with van der Waals surface area (Å²) in [6, 6.07) is 5.69. The van der Waals surface area contributed by atoms with Crippen LogP contribution in [0.2, 0.25) is 5.02 Å². The van der Waals surface area contributed by atoms with Gasteiger partial charge in [-0.05, 0) is 44.5 Å². The Bertz CT molecular complexity index is 696. The summed E-state index contributed by atoms with van der Waals surface area (Å²) < 4.78 is 42.4. The molecule has 0 heterocycles. The van der Waals surface area contributed by atoms with Gasteiger partial charge in [-0.3, -0.25) is 0 Å². The van der Waals surface area contributed by atoms with Gasteiger partial charge in [0.2, 0.25) is 0 Å². The van der Waals surface area contributed by atoms with Crippen LogP contribution in [0.25, 0.3) is 0 Å². The van der Waals surface area contributed by atoms with E-state index in [1.807, 2.05) is 0 Å². The lowest BCUT2D eigenvalue weighted by molar-refractivity contribution is 0.0532. The highest BCUT2D eigenvalue weighted by Crippen LogP contribution is 2.18. The highest BCUT2D eigenvalue weighted by atomic mass is 35.5. The number of amides is 1. The number of hydrogen-bond acceptors (Lipinski definition) is 4. The number of carbonyl (C=O) groups is 1. The molecule has 0 aliphatic carbocycles. The average Bonchev–Trinajstić information content (AvgIpc) is 2.41. The number of ether oxygens (including phenoxy) is 1. The summed E-state index contributed by atoms with van der Waals surface area (Å²) >= 11 is 5.76. The number of rotatable bonds is 5. The maximum atomic E-state index is 12.9. The maximum Gasteiger partial charge on any atom is 0.407 e. The predicted molar refractivity (Wildman–Crippen MR) is 86.9 cm³/mol. The van der Waals surface area contributed by atoms with Crippen LogP contribution in [0.15, 0.2) is 41.1 Å². The lowest BCUT2D eigenvalue weighted by Gasteiger charge is -2.20. The van der Waals surface area contributed by atoms with Crippen molar-refractivity contribution >= 4 is 27.5 Å². The number of halogens is 2. The van der Waals surface area contributed by atoms with E-state index >= 15 is 0 Å². The van der Waals surface area contributed by atoms with Crippen molar-refractivity contribution in [2.24, 2.45) is 0 Å². The number of hydrogen-bond donors (Lipinski definition) is 1. The molecule has 1 amide bonds. The molecule has 1 aromatic carbocycles. The zero-order valence-corrected chi connectivity index (χ0v) is 14.7. The van der Waals surface area contributed by atoms with Crippen LogP contribution in [0.1, 0.15) is 20.8 Å². The summed E-state index contributed by atoms with van der Waals surface area (Å²) in [6.07, 6.45) is -0.587. The van der Waals surface area contributed by atoms with Crippen LogP contribution in [0.3, 0.4) is 0 Å². The second-order valence-corrected chi connectivity index (χ2v) is 8.27. The van der Waals surface area contributed by atoms with Crippen molar-refractivity contribution in [3.05, 3.63) is 41.2 Å². The Kier molecular flexibility index (Phi) is 6.58. The van der Waals surface area contributed by atoms with Crippen molar-refractivity contribution in [2.75, 3.05) is 12.3 Å². The van der Waals surface area contributed by atoms with Crippen molar-refractivity contribution in [1.29, 1.82) is 0 Å². The molecule has 0 bridgehead atoms. The largest absolute Gasteiger partial charge is 0.444 e. The molecule has 1 N–H and O–H groups in total. The van der Waals surface area contributed by atoms with Crippen molar-refractivity contribution < 1.29 is 22.3 Å². The fraction of sp³-hybridized carbons (Fsp3) is 0.400. The van der Waals surface area contributed by atoms with Gasteiger partial charge in [0.15, 0.2) is 9.84 Å². The van der Waals surface area contributed by atoms with Gasteiger partial charge < -0.3 is 10.1 Å².